The Kier molecular flexibility index (Phi) is 5.20. The number of hydrogen-bond donors (Lipinski definition) is 0. The second-order valence-electron chi connectivity index (χ2n) is 5.17. The first-order valence-electron chi connectivity index (χ1n) is 7.34. The van der Waals surface area contributed by atoms with Crippen molar-refractivity contribution in [3.63, 3.8) is 0 Å². The van der Waals surface area contributed by atoms with Crippen LogP contribution in [0.2, 0.25) is 0 Å². The van der Waals surface area contributed by atoms with E-state index in [1.807, 2.05) is 17.0 Å². The van der Waals surface area contributed by atoms with E-state index < -0.39 is 0 Å². The molecule has 19 heavy (non-hydrogen) atoms. The molecule has 0 unspecified atom stereocenters. The molecule has 1 aromatic rings. The number of amides is 1. The normalized spacial score (nSPS) is 14.7. The fraction of sp³-hybridized carbons (Fsp3) is 0.471. The van der Waals surface area contributed by atoms with Crippen molar-refractivity contribution in [1.82, 2.24) is 4.90 Å². The molecule has 0 fully saturated rings. The summed E-state index contributed by atoms with van der Waals surface area (Å²) in [6, 6.07) is 8.15. The van der Waals surface area contributed by atoms with E-state index in [9.17, 15) is 4.79 Å². The number of aryl methyl sites for hydroxylation is 1. The van der Waals surface area contributed by atoms with Gasteiger partial charge in [0, 0.05) is 18.7 Å². The molecule has 0 saturated carbocycles. The fourth-order valence-corrected chi connectivity index (χ4v) is 2.40. The van der Waals surface area contributed by atoms with Crippen LogP contribution in [0.4, 0.5) is 0 Å². The average molecular weight is 257 g/mol. The molecule has 0 atom stereocenters. The highest BCUT2D eigenvalue weighted by atomic mass is 16.2. The molecule has 1 heterocycles. The van der Waals surface area contributed by atoms with Crippen molar-refractivity contribution in [2.45, 2.75) is 39.0 Å². The number of nitrogens with zero attached hydrogens (tertiary/aromatic N) is 1. The van der Waals surface area contributed by atoms with Gasteiger partial charge in [-0.3, -0.25) is 4.79 Å². The Morgan fingerprint density at radius 2 is 1.95 bits per heavy atom. The number of carbonyl (C=O) groups excluding carboxylic acids is 1. The van der Waals surface area contributed by atoms with Gasteiger partial charge in [0.1, 0.15) is 0 Å². The van der Waals surface area contributed by atoms with Gasteiger partial charge in [0.05, 0.1) is 0 Å². The summed E-state index contributed by atoms with van der Waals surface area (Å²) in [5.74, 6) is 0.157. The number of unbranched alkanes of at least 4 members (excludes halogenated alkanes) is 2. The summed E-state index contributed by atoms with van der Waals surface area (Å²) in [5.41, 5.74) is 2.15. The number of rotatable bonds is 5. The minimum Gasteiger partial charge on any atom is -0.335 e. The zero-order valence-corrected chi connectivity index (χ0v) is 11.8. The summed E-state index contributed by atoms with van der Waals surface area (Å²) in [6.07, 6.45) is 10.1. The van der Waals surface area contributed by atoms with Gasteiger partial charge < -0.3 is 4.90 Å². The van der Waals surface area contributed by atoms with E-state index in [1.165, 1.54) is 24.8 Å². The van der Waals surface area contributed by atoms with Crippen LogP contribution < -0.4 is 0 Å². The Bertz CT molecular complexity index is 433. The van der Waals surface area contributed by atoms with E-state index >= 15 is 0 Å². The Labute approximate surface area is 116 Å². The Hall–Kier alpha value is -1.57. The van der Waals surface area contributed by atoms with E-state index in [1.54, 1.807) is 0 Å². The summed E-state index contributed by atoms with van der Waals surface area (Å²) in [7, 11) is 0. The summed E-state index contributed by atoms with van der Waals surface area (Å²) in [5, 5.41) is 0. The number of hydrogen-bond acceptors (Lipinski definition) is 1. The molecule has 1 aromatic carbocycles. The van der Waals surface area contributed by atoms with Gasteiger partial charge in [-0.1, -0.05) is 44.1 Å². The van der Waals surface area contributed by atoms with Crippen molar-refractivity contribution in [2.24, 2.45) is 0 Å². The first-order chi connectivity index (χ1) is 9.31. The van der Waals surface area contributed by atoms with Gasteiger partial charge in [0.25, 0.3) is 5.91 Å². The molecule has 1 amide bonds. The van der Waals surface area contributed by atoms with E-state index in [0.29, 0.717) is 0 Å². The maximum absolute atomic E-state index is 12.3. The van der Waals surface area contributed by atoms with E-state index in [2.05, 4.69) is 31.2 Å². The zero-order chi connectivity index (χ0) is 13.5. The van der Waals surface area contributed by atoms with Gasteiger partial charge in [0.15, 0.2) is 0 Å². The second kappa shape index (κ2) is 7.13. The topological polar surface area (TPSA) is 20.3 Å². The van der Waals surface area contributed by atoms with Crippen LogP contribution in [-0.2, 0) is 6.42 Å². The molecule has 2 rings (SSSR count). The largest absolute Gasteiger partial charge is 0.335 e. The third-order valence-corrected chi connectivity index (χ3v) is 3.62. The maximum Gasteiger partial charge on any atom is 0.254 e. The van der Waals surface area contributed by atoms with Crippen molar-refractivity contribution in [1.29, 1.82) is 0 Å². The lowest BCUT2D eigenvalue weighted by Crippen LogP contribution is -2.33. The van der Waals surface area contributed by atoms with Gasteiger partial charge >= 0.3 is 0 Å². The summed E-state index contributed by atoms with van der Waals surface area (Å²) >= 11 is 0. The predicted molar refractivity (Wildman–Crippen MR) is 79.3 cm³/mol. The maximum atomic E-state index is 12.3. The lowest BCUT2D eigenvalue weighted by atomic mass is 10.0. The molecule has 0 N–H and O–H groups in total. The van der Waals surface area contributed by atoms with E-state index in [4.69, 9.17) is 0 Å². The minimum atomic E-state index is 0.157. The van der Waals surface area contributed by atoms with E-state index in [-0.39, 0.29) is 5.91 Å². The molecule has 0 bridgehead atoms. The highest BCUT2D eigenvalue weighted by Crippen LogP contribution is 2.12. The second-order valence-corrected chi connectivity index (χ2v) is 5.17. The van der Waals surface area contributed by atoms with Crippen molar-refractivity contribution in [3.8, 4) is 0 Å². The van der Waals surface area contributed by atoms with Gasteiger partial charge in [-0.05, 0) is 37.0 Å². The van der Waals surface area contributed by atoms with Crippen molar-refractivity contribution in [2.75, 3.05) is 13.1 Å². The van der Waals surface area contributed by atoms with Gasteiger partial charge in [0.2, 0.25) is 0 Å². The average Bonchev–Trinajstić information content (AvgIpc) is 2.48. The quantitative estimate of drug-likeness (QED) is 0.580. The zero-order valence-electron chi connectivity index (χ0n) is 11.8. The highest BCUT2D eigenvalue weighted by Gasteiger charge is 2.15. The molecule has 2 heteroatoms. The molecular formula is C17H23NO. The Morgan fingerprint density at radius 3 is 2.58 bits per heavy atom. The van der Waals surface area contributed by atoms with Gasteiger partial charge in [-0.15, -0.1) is 0 Å². The first kappa shape index (κ1) is 13.9. The molecule has 0 aliphatic carbocycles. The standard InChI is InChI=1S/C17H23NO/c1-2-3-5-8-15-9-11-16(12-10-15)17(19)18-13-6-4-7-14-18/h4,6,9-12H,2-3,5,7-8,13-14H2,1H3. The van der Waals surface area contributed by atoms with Crippen LogP contribution in [0.1, 0.15) is 48.5 Å². The molecule has 1 aliphatic heterocycles. The van der Waals surface area contributed by atoms with Gasteiger partial charge in [-0.2, -0.15) is 0 Å². The smallest absolute Gasteiger partial charge is 0.254 e. The van der Waals surface area contributed by atoms with Crippen LogP contribution in [0.25, 0.3) is 0 Å². The van der Waals surface area contributed by atoms with E-state index in [0.717, 1.165) is 31.5 Å². The van der Waals surface area contributed by atoms with Crippen LogP contribution in [0.5, 0.6) is 0 Å². The number of carbonyl (C=O) groups is 1. The fourth-order valence-electron chi connectivity index (χ4n) is 2.40. The van der Waals surface area contributed by atoms with Crippen LogP contribution in [0, 0.1) is 0 Å². The van der Waals surface area contributed by atoms with Gasteiger partial charge in [-0.25, -0.2) is 0 Å². The molecule has 2 nitrogen and oxygen atoms in total. The lowest BCUT2D eigenvalue weighted by Gasteiger charge is -2.23. The molecule has 0 radical (unpaired) electrons. The molecule has 1 aliphatic rings. The molecule has 0 saturated heterocycles. The van der Waals surface area contributed by atoms with Crippen LogP contribution in [-0.4, -0.2) is 23.9 Å². The van der Waals surface area contributed by atoms with Crippen molar-refractivity contribution < 1.29 is 4.79 Å². The molecule has 102 valence electrons. The van der Waals surface area contributed by atoms with Crippen molar-refractivity contribution in [3.05, 3.63) is 47.5 Å². The third kappa shape index (κ3) is 3.95. The summed E-state index contributed by atoms with van der Waals surface area (Å²) in [4.78, 5) is 14.2. The predicted octanol–water partition coefficient (Wildman–Crippen LogP) is 3.82. The lowest BCUT2D eigenvalue weighted by molar-refractivity contribution is 0.0771. The third-order valence-electron chi connectivity index (χ3n) is 3.62. The number of benzene rings is 1. The minimum absolute atomic E-state index is 0.157. The molecular weight excluding hydrogens is 234 g/mol. The SMILES string of the molecule is CCCCCc1ccc(C(=O)N2CC=CCC2)cc1. The first-order valence-corrected chi connectivity index (χ1v) is 7.34. The highest BCUT2D eigenvalue weighted by molar-refractivity contribution is 5.94. The monoisotopic (exact) mass is 257 g/mol. The van der Waals surface area contributed by atoms with Crippen LogP contribution in [0.15, 0.2) is 36.4 Å². The molecule has 0 aromatic heterocycles. The molecule has 0 spiro atoms. The Morgan fingerprint density at radius 1 is 1.16 bits per heavy atom. The van der Waals surface area contributed by atoms with Crippen LogP contribution >= 0.6 is 0 Å². The summed E-state index contributed by atoms with van der Waals surface area (Å²) in [6.45, 7) is 3.81. The Balaban J connectivity index is 1.93. The summed E-state index contributed by atoms with van der Waals surface area (Å²) < 4.78 is 0. The van der Waals surface area contributed by atoms with Crippen molar-refractivity contribution >= 4 is 5.91 Å². The van der Waals surface area contributed by atoms with Crippen LogP contribution in [0.3, 0.4) is 0 Å².